The van der Waals surface area contributed by atoms with E-state index in [1.165, 1.54) is 0 Å². The lowest BCUT2D eigenvalue weighted by molar-refractivity contribution is 0.0736. The van der Waals surface area contributed by atoms with Crippen molar-refractivity contribution in [2.45, 2.75) is 18.9 Å². The highest BCUT2D eigenvalue weighted by Gasteiger charge is 2.31. The first-order chi connectivity index (χ1) is 10.2. The zero-order valence-corrected chi connectivity index (χ0v) is 12.3. The molecule has 1 aliphatic rings. The molecule has 1 aliphatic heterocycles. The summed E-state index contributed by atoms with van der Waals surface area (Å²) in [5, 5.41) is 0.521. The molecule has 0 aliphatic carbocycles. The van der Waals surface area contributed by atoms with E-state index >= 15 is 0 Å². The Hall–Kier alpha value is -2.07. The molecule has 1 aromatic heterocycles. The average molecular weight is 302 g/mol. The molecule has 3 rings (SSSR count). The number of pyridine rings is 1. The minimum Gasteiger partial charge on any atom is -0.398 e. The van der Waals surface area contributed by atoms with Gasteiger partial charge in [0.25, 0.3) is 5.91 Å². The summed E-state index contributed by atoms with van der Waals surface area (Å²) >= 11 is 5.99. The SMILES string of the molecule is Nc1ccc(Cl)cc1C(=O)N1CCCC1c1ccncc1. The molecule has 2 aromatic rings. The van der Waals surface area contributed by atoms with Crippen LogP contribution in [0.1, 0.15) is 34.8 Å². The number of nitrogens with zero attached hydrogens (tertiary/aromatic N) is 2. The number of nitrogens with two attached hydrogens (primary N) is 1. The van der Waals surface area contributed by atoms with E-state index in [1.807, 2.05) is 17.0 Å². The molecule has 1 atom stereocenters. The molecule has 2 heterocycles. The van der Waals surface area contributed by atoms with Crippen molar-refractivity contribution in [3.8, 4) is 0 Å². The quantitative estimate of drug-likeness (QED) is 0.866. The van der Waals surface area contributed by atoms with Crippen LogP contribution >= 0.6 is 11.6 Å². The summed E-state index contributed by atoms with van der Waals surface area (Å²) in [6.07, 6.45) is 5.45. The summed E-state index contributed by atoms with van der Waals surface area (Å²) in [4.78, 5) is 18.7. The largest absolute Gasteiger partial charge is 0.398 e. The van der Waals surface area contributed by atoms with Crippen LogP contribution in [0.2, 0.25) is 5.02 Å². The first kappa shape index (κ1) is 13.9. The van der Waals surface area contributed by atoms with E-state index in [4.69, 9.17) is 17.3 Å². The molecular formula is C16H16ClN3O. The molecule has 0 saturated carbocycles. The van der Waals surface area contributed by atoms with Crippen LogP contribution in [0.3, 0.4) is 0 Å². The maximum atomic E-state index is 12.8. The smallest absolute Gasteiger partial charge is 0.256 e. The van der Waals surface area contributed by atoms with E-state index < -0.39 is 0 Å². The van der Waals surface area contributed by atoms with Crippen molar-refractivity contribution in [2.24, 2.45) is 0 Å². The van der Waals surface area contributed by atoms with Gasteiger partial charge < -0.3 is 10.6 Å². The molecule has 108 valence electrons. The minimum atomic E-state index is -0.0608. The summed E-state index contributed by atoms with van der Waals surface area (Å²) < 4.78 is 0. The third-order valence-corrected chi connectivity index (χ3v) is 4.09. The number of likely N-dealkylation sites (tertiary alicyclic amines) is 1. The first-order valence-corrected chi connectivity index (χ1v) is 7.30. The van der Waals surface area contributed by atoms with Crippen LogP contribution in [0.25, 0.3) is 0 Å². The van der Waals surface area contributed by atoms with Gasteiger partial charge in [-0.3, -0.25) is 9.78 Å². The zero-order valence-electron chi connectivity index (χ0n) is 11.5. The maximum Gasteiger partial charge on any atom is 0.256 e. The summed E-state index contributed by atoms with van der Waals surface area (Å²) in [6.45, 7) is 0.734. The van der Waals surface area contributed by atoms with Crippen LogP contribution in [0, 0.1) is 0 Å². The van der Waals surface area contributed by atoms with E-state index in [0.29, 0.717) is 16.3 Å². The molecule has 1 unspecified atom stereocenters. The van der Waals surface area contributed by atoms with Crippen LogP contribution in [0.4, 0.5) is 5.69 Å². The lowest BCUT2D eigenvalue weighted by Gasteiger charge is -2.25. The number of amides is 1. The molecule has 21 heavy (non-hydrogen) atoms. The molecule has 1 saturated heterocycles. The molecule has 0 spiro atoms. The van der Waals surface area contributed by atoms with Gasteiger partial charge in [0.2, 0.25) is 0 Å². The second-order valence-electron chi connectivity index (χ2n) is 5.17. The highest BCUT2D eigenvalue weighted by molar-refractivity contribution is 6.31. The standard InChI is InChI=1S/C16H16ClN3O/c17-12-3-4-14(18)13(10-12)16(21)20-9-1-2-15(20)11-5-7-19-8-6-11/h3-8,10,15H,1-2,9,18H2. The van der Waals surface area contributed by atoms with E-state index in [1.54, 1.807) is 30.6 Å². The fourth-order valence-corrected chi connectivity index (χ4v) is 2.98. The fourth-order valence-electron chi connectivity index (χ4n) is 2.81. The van der Waals surface area contributed by atoms with Crippen molar-refractivity contribution in [3.63, 3.8) is 0 Å². The van der Waals surface area contributed by atoms with Crippen LogP contribution in [-0.4, -0.2) is 22.3 Å². The number of aromatic nitrogens is 1. The Morgan fingerprint density at radius 3 is 2.81 bits per heavy atom. The van der Waals surface area contributed by atoms with Gasteiger partial charge in [-0.1, -0.05) is 11.6 Å². The zero-order chi connectivity index (χ0) is 14.8. The topological polar surface area (TPSA) is 59.2 Å². The third-order valence-electron chi connectivity index (χ3n) is 3.85. The van der Waals surface area contributed by atoms with E-state index in [-0.39, 0.29) is 11.9 Å². The highest BCUT2D eigenvalue weighted by atomic mass is 35.5. The number of anilines is 1. The van der Waals surface area contributed by atoms with Crippen molar-refractivity contribution >= 4 is 23.2 Å². The average Bonchev–Trinajstić information content (AvgIpc) is 2.99. The lowest BCUT2D eigenvalue weighted by atomic mass is 10.0. The Kier molecular flexibility index (Phi) is 3.80. The van der Waals surface area contributed by atoms with Crippen molar-refractivity contribution in [3.05, 3.63) is 58.9 Å². The van der Waals surface area contributed by atoms with Gasteiger partial charge in [-0.25, -0.2) is 0 Å². The third kappa shape index (κ3) is 2.72. The number of rotatable bonds is 2. The Labute approximate surface area is 128 Å². The van der Waals surface area contributed by atoms with Crippen LogP contribution in [0.15, 0.2) is 42.7 Å². The molecule has 1 amide bonds. The van der Waals surface area contributed by atoms with Gasteiger partial charge in [-0.15, -0.1) is 0 Å². The Balaban J connectivity index is 1.92. The number of benzene rings is 1. The second kappa shape index (κ2) is 5.74. The number of carbonyl (C=O) groups excluding carboxylic acids is 1. The molecule has 0 bridgehead atoms. The predicted octanol–water partition coefficient (Wildman–Crippen LogP) is 3.29. The Morgan fingerprint density at radius 2 is 2.05 bits per heavy atom. The molecular weight excluding hydrogens is 286 g/mol. The molecule has 4 nitrogen and oxygen atoms in total. The monoisotopic (exact) mass is 301 g/mol. The van der Waals surface area contributed by atoms with E-state index in [9.17, 15) is 4.79 Å². The van der Waals surface area contributed by atoms with Gasteiger partial charge in [-0.05, 0) is 48.7 Å². The minimum absolute atomic E-state index is 0.0608. The fraction of sp³-hybridized carbons (Fsp3) is 0.250. The molecule has 2 N–H and O–H groups in total. The van der Waals surface area contributed by atoms with Crippen molar-refractivity contribution in [2.75, 3.05) is 12.3 Å². The summed E-state index contributed by atoms with van der Waals surface area (Å²) in [7, 11) is 0. The number of hydrogen-bond donors (Lipinski definition) is 1. The Bertz CT molecular complexity index is 660. The van der Waals surface area contributed by atoms with Gasteiger partial charge in [0.05, 0.1) is 11.6 Å². The number of halogens is 1. The highest BCUT2D eigenvalue weighted by Crippen LogP contribution is 2.34. The van der Waals surface area contributed by atoms with Crippen molar-refractivity contribution < 1.29 is 4.79 Å². The predicted molar refractivity (Wildman–Crippen MR) is 83.1 cm³/mol. The normalized spacial score (nSPS) is 18.0. The van der Waals surface area contributed by atoms with E-state index in [2.05, 4.69) is 4.98 Å². The summed E-state index contributed by atoms with van der Waals surface area (Å²) in [5.41, 5.74) is 7.97. The lowest BCUT2D eigenvalue weighted by Crippen LogP contribution is -2.31. The number of nitrogen functional groups attached to an aromatic ring is 1. The molecule has 5 heteroatoms. The summed E-state index contributed by atoms with van der Waals surface area (Å²) in [5.74, 6) is -0.0608. The van der Waals surface area contributed by atoms with Gasteiger partial charge in [0.1, 0.15) is 0 Å². The van der Waals surface area contributed by atoms with Gasteiger partial charge in [0, 0.05) is 29.6 Å². The van der Waals surface area contributed by atoms with Gasteiger partial charge >= 0.3 is 0 Å². The second-order valence-corrected chi connectivity index (χ2v) is 5.61. The van der Waals surface area contributed by atoms with Crippen LogP contribution in [0.5, 0.6) is 0 Å². The van der Waals surface area contributed by atoms with Crippen molar-refractivity contribution in [1.29, 1.82) is 0 Å². The van der Waals surface area contributed by atoms with Crippen molar-refractivity contribution in [1.82, 2.24) is 9.88 Å². The van der Waals surface area contributed by atoms with Crippen LogP contribution < -0.4 is 5.73 Å². The molecule has 1 aromatic carbocycles. The maximum absolute atomic E-state index is 12.8. The first-order valence-electron chi connectivity index (χ1n) is 6.93. The number of hydrogen-bond acceptors (Lipinski definition) is 3. The molecule has 1 fully saturated rings. The summed E-state index contributed by atoms with van der Waals surface area (Å²) in [6, 6.07) is 9.00. The van der Waals surface area contributed by atoms with Gasteiger partial charge in [0.15, 0.2) is 0 Å². The molecule has 0 radical (unpaired) electrons. The number of carbonyl (C=O) groups is 1. The Morgan fingerprint density at radius 1 is 1.29 bits per heavy atom. The van der Waals surface area contributed by atoms with Crippen LogP contribution in [-0.2, 0) is 0 Å². The van der Waals surface area contributed by atoms with Gasteiger partial charge in [-0.2, -0.15) is 0 Å². The van der Waals surface area contributed by atoms with E-state index in [0.717, 1.165) is 24.9 Å².